The van der Waals surface area contributed by atoms with Gasteiger partial charge in [-0.15, -0.1) is 0 Å². The second-order valence-corrected chi connectivity index (χ2v) is 6.46. The summed E-state index contributed by atoms with van der Waals surface area (Å²) in [6.07, 6.45) is -1.06. The second kappa shape index (κ2) is 9.39. The topological polar surface area (TPSA) is 81.7 Å². The number of hydrogen-bond acceptors (Lipinski definition) is 5. The molecule has 0 fully saturated rings. The number of Topliss-reactive ketones (excluding diaryl/α,β-unsaturated/α-hetero) is 1. The lowest BCUT2D eigenvalue weighted by atomic mass is 10.1. The van der Waals surface area contributed by atoms with Crippen molar-refractivity contribution in [2.75, 3.05) is 11.9 Å². The summed E-state index contributed by atoms with van der Waals surface area (Å²) in [5.74, 6) is -1.04. The molecule has 0 bridgehead atoms. The molecule has 1 atom stereocenters. The number of benzene rings is 2. The van der Waals surface area contributed by atoms with Crippen LogP contribution in [0.5, 0.6) is 5.75 Å². The normalized spacial score (nSPS) is 11.4. The molecule has 0 spiro atoms. The van der Waals surface area contributed by atoms with E-state index in [4.69, 9.17) is 32.7 Å². The van der Waals surface area contributed by atoms with Crippen molar-refractivity contribution in [2.45, 2.75) is 20.0 Å². The molecular formula is C19H17Cl2NO5. The monoisotopic (exact) mass is 409 g/mol. The number of amides is 1. The number of esters is 1. The molecule has 1 N–H and O–H groups in total. The number of anilines is 1. The van der Waals surface area contributed by atoms with Crippen LogP contribution in [0.3, 0.4) is 0 Å². The fourth-order valence-electron chi connectivity index (χ4n) is 2.06. The summed E-state index contributed by atoms with van der Waals surface area (Å²) in [5.41, 5.74) is 0.819. The summed E-state index contributed by atoms with van der Waals surface area (Å²) in [6, 6.07) is 11.0. The molecule has 0 aliphatic carbocycles. The zero-order valence-corrected chi connectivity index (χ0v) is 16.1. The lowest BCUT2D eigenvalue weighted by Crippen LogP contribution is -2.31. The van der Waals surface area contributed by atoms with Crippen LogP contribution in [0.1, 0.15) is 24.2 Å². The number of ketones is 1. The molecule has 0 aromatic heterocycles. The van der Waals surface area contributed by atoms with E-state index in [0.717, 1.165) is 0 Å². The van der Waals surface area contributed by atoms with E-state index in [9.17, 15) is 14.4 Å². The predicted molar refractivity (Wildman–Crippen MR) is 103 cm³/mol. The fourth-order valence-corrected chi connectivity index (χ4v) is 2.51. The van der Waals surface area contributed by atoms with E-state index in [-0.39, 0.29) is 10.8 Å². The van der Waals surface area contributed by atoms with Gasteiger partial charge in [-0.3, -0.25) is 9.59 Å². The molecule has 0 aliphatic rings. The number of hydrogen-bond donors (Lipinski definition) is 1. The minimum atomic E-state index is -1.06. The van der Waals surface area contributed by atoms with Gasteiger partial charge < -0.3 is 14.8 Å². The number of nitrogens with one attached hydrogen (secondary N) is 1. The lowest BCUT2D eigenvalue weighted by molar-refractivity contribution is -0.155. The Balaban J connectivity index is 1.86. The van der Waals surface area contributed by atoms with Crippen LogP contribution >= 0.6 is 23.2 Å². The van der Waals surface area contributed by atoms with E-state index < -0.39 is 24.6 Å². The third-order valence-corrected chi connectivity index (χ3v) is 4.01. The molecule has 0 saturated carbocycles. The van der Waals surface area contributed by atoms with Gasteiger partial charge in [0.15, 0.2) is 18.5 Å². The maximum Gasteiger partial charge on any atom is 0.344 e. The average Bonchev–Trinajstić information content (AvgIpc) is 2.62. The molecule has 0 saturated heterocycles. The smallest absolute Gasteiger partial charge is 0.344 e. The molecule has 0 unspecified atom stereocenters. The second-order valence-electron chi connectivity index (χ2n) is 5.62. The van der Waals surface area contributed by atoms with E-state index >= 15 is 0 Å². The number of ether oxygens (including phenoxy) is 2. The molecule has 0 aliphatic heterocycles. The Morgan fingerprint density at radius 3 is 2.52 bits per heavy atom. The van der Waals surface area contributed by atoms with Gasteiger partial charge in [0.1, 0.15) is 5.75 Å². The van der Waals surface area contributed by atoms with Crippen LogP contribution < -0.4 is 10.1 Å². The maximum absolute atomic E-state index is 12.1. The SMILES string of the molecule is CC(=O)c1cccc(OCC(=O)O[C@@H](C)C(=O)Nc2ccc(Cl)cc2Cl)c1. The highest BCUT2D eigenvalue weighted by molar-refractivity contribution is 6.36. The summed E-state index contributed by atoms with van der Waals surface area (Å²) in [5, 5.41) is 3.25. The molecule has 2 rings (SSSR count). The van der Waals surface area contributed by atoms with Crippen LogP contribution in [0.4, 0.5) is 5.69 Å². The first-order chi connectivity index (χ1) is 12.8. The van der Waals surface area contributed by atoms with Gasteiger partial charge in [0.2, 0.25) is 0 Å². The quantitative estimate of drug-likeness (QED) is 0.548. The van der Waals surface area contributed by atoms with E-state index in [2.05, 4.69) is 5.32 Å². The molecule has 142 valence electrons. The van der Waals surface area contributed by atoms with Crippen LogP contribution in [0, 0.1) is 0 Å². The third kappa shape index (κ3) is 6.27. The van der Waals surface area contributed by atoms with Gasteiger partial charge in [-0.2, -0.15) is 0 Å². The van der Waals surface area contributed by atoms with Crippen LogP contribution in [-0.4, -0.2) is 30.4 Å². The minimum Gasteiger partial charge on any atom is -0.482 e. The zero-order valence-electron chi connectivity index (χ0n) is 14.6. The Bertz CT molecular complexity index is 869. The molecule has 6 nitrogen and oxygen atoms in total. The Hall–Kier alpha value is -2.57. The van der Waals surface area contributed by atoms with Crippen molar-refractivity contribution in [2.24, 2.45) is 0 Å². The van der Waals surface area contributed by atoms with E-state index in [1.54, 1.807) is 30.3 Å². The van der Waals surface area contributed by atoms with E-state index in [1.807, 2.05) is 0 Å². The highest BCUT2D eigenvalue weighted by atomic mass is 35.5. The summed E-state index contributed by atoms with van der Waals surface area (Å²) in [4.78, 5) is 35.3. The summed E-state index contributed by atoms with van der Waals surface area (Å²) in [6.45, 7) is 2.45. The average molecular weight is 410 g/mol. The summed E-state index contributed by atoms with van der Waals surface area (Å²) < 4.78 is 10.3. The fraction of sp³-hybridized carbons (Fsp3) is 0.211. The number of carbonyl (C=O) groups is 3. The first kappa shape index (κ1) is 20.7. The zero-order chi connectivity index (χ0) is 20.0. The Labute approximate surface area is 166 Å². The summed E-state index contributed by atoms with van der Waals surface area (Å²) in [7, 11) is 0. The Morgan fingerprint density at radius 2 is 1.85 bits per heavy atom. The van der Waals surface area contributed by atoms with Crippen molar-refractivity contribution < 1.29 is 23.9 Å². The van der Waals surface area contributed by atoms with Crippen molar-refractivity contribution in [3.8, 4) is 5.75 Å². The van der Waals surface area contributed by atoms with Gasteiger partial charge in [-0.1, -0.05) is 35.3 Å². The van der Waals surface area contributed by atoms with Crippen LogP contribution in [0.15, 0.2) is 42.5 Å². The highest BCUT2D eigenvalue weighted by Gasteiger charge is 2.19. The first-order valence-corrected chi connectivity index (χ1v) is 8.71. The molecule has 0 radical (unpaired) electrons. The Morgan fingerprint density at radius 1 is 1.11 bits per heavy atom. The molecule has 2 aromatic carbocycles. The van der Waals surface area contributed by atoms with Crippen LogP contribution in [-0.2, 0) is 14.3 Å². The number of carbonyl (C=O) groups excluding carboxylic acids is 3. The van der Waals surface area contributed by atoms with Crippen molar-refractivity contribution in [1.29, 1.82) is 0 Å². The van der Waals surface area contributed by atoms with E-state index in [0.29, 0.717) is 22.0 Å². The minimum absolute atomic E-state index is 0.116. The van der Waals surface area contributed by atoms with Crippen LogP contribution in [0.2, 0.25) is 10.0 Å². The van der Waals surface area contributed by atoms with Gasteiger partial charge in [0.25, 0.3) is 5.91 Å². The van der Waals surface area contributed by atoms with Gasteiger partial charge >= 0.3 is 5.97 Å². The molecule has 1 amide bonds. The van der Waals surface area contributed by atoms with Crippen molar-refractivity contribution in [1.82, 2.24) is 0 Å². The van der Waals surface area contributed by atoms with Gasteiger partial charge in [0.05, 0.1) is 10.7 Å². The molecular weight excluding hydrogens is 393 g/mol. The summed E-state index contributed by atoms with van der Waals surface area (Å²) >= 11 is 11.8. The molecule has 8 heteroatoms. The van der Waals surface area contributed by atoms with Crippen molar-refractivity contribution in [3.05, 3.63) is 58.1 Å². The standard InChI is InChI=1S/C19H17Cl2NO5/c1-11(23)13-4-3-5-15(8-13)26-10-18(24)27-12(2)19(25)22-17-7-6-14(20)9-16(17)21/h3-9,12H,10H2,1-2H3,(H,22,25)/t12-/m0/s1. The predicted octanol–water partition coefficient (Wildman–Crippen LogP) is 4.15. The van der Waals surface area contributed by atoms with Gasteiger partial charge in [-0.25, -0.2) is 4.79 Å². The third-order valence-electron chi connectivity index (χ3n) is 3.46. The molecule has 27 heavy (non-hydrogen) atoms. The Kier molecular flexibility index (Phi) is 7.21. The van der Waals surface area contributed by atoms with Crippen molar-refractivity contribution >= 4 is 46.5 Å². The maximum atomic E-state index is 12.1. The van der Waals surface area contributed by atoms with Crippen LogP contribution in [0.25, 0.3) is 0 Å². The van der Waals surface area contributed by atoms with E-state index in [1.165, 1.54) is 26.0 Å². The van der Waals surface area contributed by atoms with Gasteiger partial charge in [0, 0.05) is 10.6 Å². The number of rotatable bonds is 7. The molecule has 0 heterocycles. The molecule has 2 aromatic rings. The lowest BCUT2D eigenvalue weighted by Gasteiger charge is -2.14. The largest absolute Gasteiger partial charge is 0.482 e. The number of halogens is 2. The highest BCUT2D eigenvalue weighted by Crippen LogP contribution is 2.25. The van der Waals surface area contributed by atoms with Crippen molar-refractivity contribution in [3.63, 3.8) is 0 Å². The first-order valence-electron chi connectivity index (χ1n) is 7.95. The van der Waals surface area contributed by atoms with Gasteiger partial charge in [-0.05, 0) is 44.2 Å².